The molecule has 1 heterocycles. The summed E-state index contributed by atoms with van der Waals surface area (Å²) in [7, 11) is -2.15. The number of hydrogen-bond acceptors (Lipinski definition) is 3. The van der Waals surface area contributed by atoms with E-state index in [9.17, 15) is 13.2 Å². The van der Waals surface area contributed by atoms with Crippen molar-refractivity contribution in [3.8, 4) is 0 Å². The van der Waals surface area contributed by atoms with E-state index in [1.807, 2.05) is 30.3 Å². The van der Waals surface area contributed by atoms with Crippen molar-refractivity contribution in [2.75, 3.05) is 13.6 Å². The standard InChI is InChI=1S/C16H16N2O3S/c1-18-11-14(12-7-3-2-4-8-12)17-16(19)13-9-5-6-10-15(13)22(18,20)21/h2-10,14H,11H2,1H3,(H,17,19). The molecule has 2 aromatic carbocycles. The van der Waals surface area contributed by atoms with Gasteiger partial charge in [0, 0.05) is 13.6 Å². The molecule has 2 aromatic rings. The van der Waals surface area contributed by atoms with Gasteiger partial charge in [0.15, 0.2) is 0 Å². The van der Waals surface area contributed by atoms with Crippen LogP contribution in [0.1, 0.15) is 22.0 Å². The molecular formula is C16H16N2O3S. The van der Waals surface area contributed by atoms with Crippen LogP contribution >= 0.6 is 0 Å². The molecule has 1 aliphatic rings. The molecule has 22 heavy (non-hydrogen) atoms. The van der Waals surface area contributed by atoms with Gasteiger partial charge in [0.05, 0.1) is 16.5 Å². The second-order valence-corrected chi connectivity index (χ2v) is 7.23. The first-order valence-corrected chi connectivity index (χ1v) is 8.35. The fraction of sp³-hybridized carbons (Fsp3) is 0.188. The molecule has 1 amide bonds. The Morgan fingerprint density at radius 2 is 1.68 bits per heavy atom. The Balaban J connectivity index is 2.10. The third kappa shape index (κ3) is 2.51. The van der Waals surface area contributed by atoms with Crippen molar-refractivity contribution in [1.82, 2.24) is 9.62 Å². The number of carbonyl (C=O) groups is 1. The maximum absolute atomic E-state index is 12.6. The average Bonchev–Trinajstić information content (AvgIpc) is 2.54. The van der Waals surface area contributed by atoms with E-state index in [0.29, 0.717) is 0 Å². The van der Waals surface area contributed by atoms with Crippen molar-refractivity contribution in [1.29, 1.82) is 0 Å². The molecule has 1 aliphatic heterocycles. The van der Waals surface area contributed by atoms with Gasteiger partial charge in [0.25, 0.3) is 5.91 Å². The van der Waals surface area contributed by atoms with Gasteiger partial charge in [-0.15, -0.1) is 0 Å². The maximum Gasteiger partial charge on any atom is 0.253 e. The molecular weight excluding hydrogens is 300 g/mol. The van der Waals surface area contributed by atoms with Crippen molar-refractivity contribution in [3.05, 3.63) is 65.7 Å². The Morgan fingerprint density at radius 3 is 2.41 bits per heavy atom. The molecule has 0 bridgehead atoms. The molecule has 1 N–H and O–H groups in total. The topological polar surface area (TPSA) is 66.5 Å². The SMILES string of the molecule is CN1CC(c2ccccc2)NC(=O)c2ccccc2S1(=O)=O. The van der Waals surface area contributed by atoms with Gasteiger partial charge < -0.3 is 5.32 Å². The first kappa shape index (κ1) is 14.7. The average molecular weight is 316 g/mol. The van der Waals surface area contributed by atoms with Crippen LogP contribution < -0.4 is 5.32 Å². The van der Waals surface area contributed by atoms with E-state index in [0.717, 1.165) is 5.56 Å². The summed E-state index contributed by atoms with van der Waals surface area (Å²) >= 11 is 0. The van der Waals surface area contributed by atoms with Gasteiger partial charge in [-0.25, -0.2) is 8.42 Å². The molecule has 0 saturated heterocycles. The van der Waals surface area contributed by atoms with Crippen molar-refractivity contribution in [2.24, 2.45) is 0 Å². The van der Waals surface area contributed by atoms with Crippen LogP contribution in [0.2, 0.25) is 0 Å². The third-order valence-corrected chi connectivity index (χ3v) is 5.65. The largest absolute Gasteiger partial charge is 0.344 e. The number of sulfonamides is 1. The maximum atomic E-state index is 12.6. The van der Waals surface area contributed by atoms with Gasteiger partial charge in [-0.05, 0) is 17.7 Å². The van der Waals surface area contributed by atoms with Gasteiger partial charge >= 0.3 is 0 Å². The zero-order chi connectivity index (χ0) is 15.7. The normalized spacial score (nSPS) is 21.3. The minimum Gasteiger partial charge on any atom is -0.344 e. The molecule has 0 aliphatic carbocycles. The monoisotopic (exact) mass is 316 g/mol. The minimum absolute atomic E-state index is 0.0431. The van der Waals surface area contributed by atoms with E-state index < -0.39 is 10.0 Å². The minimum atomic E-state index is -3.68. The number of benzene rings is 2. The molecule has 1 unspecified atom stereocenters. The fourth-order valence-electron chi connectivity index (χ4n) is 2.56. The summed E-state index contributed by atoms with van der Waals surface area (Å²) in [6, 6.07) is 15.2. The predicted molar refractivity (Wildman–Crippen MR) is 82.9 cm³/mol. The molecule has 114 valence electrons. The number of nitrogens with one attached hydrogen (secondary N) is 1. The Hall–Kier alpha value is -2.18. The first-order valence-electron chi connectivity index (χ1n) is 6.91. The van der Waals surface area contributed by atoms with Crippen LogP contribution in [-0.4, -0.2) is 32.2 Å². The number of fused-ring (bicyclic) bond motifs is 1. The van der Waals surface area contributed by atoms with Crippen LogP contribution in [0.25, 0.3) is 0 Å². The van der Waals surface area contributed by atoms with Gasteiger partial charge in [-0.1, -0.05) is 42.5 Å². The van der Waals surface area contributed by atoms with Crippen molar-refractivity contribution in [3.63, 3.8) is 0 Å². The highest BCUT2D eigenvalue weighted by molar-refractivity contribution is 7.89. The molecule has 1 atom stereocenters. The summed E-state index contributed by atoms with van der Waals surface area (Å²) in [5.74, 6) is -0.374. The highest BCUT2D eigenvalue weighted by atomic mass is 32.2. The molecule has 0 aromatic heterocycles. The highest BCUT2D eigenvalue weighted by Gasteiger charge is 2.32. The number of carbonyl (C=O) groups excluding carboxylic acids is 1. The lowest BCUT2D eigenvalue weighted by Gasteiger charge is -2.28. The molecule has 0 saturated carbocycles. The highest BCUT2D eigenvalue weighted by Crippen LogP contribution is 2.25. The lowest BCUT2D eigenvalue weighted by molar-refractivity contribution is 0.0926. The fourth-order valence-corrected chi connectivity index (χ4v) is 3.93. The number of nitrogens with zero attached hydrogens (tertiary/aromatic N) is 1. The summed E-state index contributed by atoms with van der Waals surface area (Å²) in [5.41, 5.74) is 1.05. The van der Waals surface area contributed by atoms with Crippen LogP contribution in [-0.2, 0) is 10.0 Å². The van der Waals surface area contributed by atoms with Gasteiger partial charge in [-0.3, -0.25) is 4.79 Å². The van der Waals surface area contributed by atoms with E-state index in [1.165, 1.54) is 23.5 Å². The molecule has 6 heteroatoms. The van der Waals surface area contributed by atoms with Crippen molar-refractivity contribution >= 4 is 15.9 Å². The van der Waals surface area contributed by atoms with Gasteiger partial charge in [0.2, 0.25) is 10.0 Å². The quantitative estimate of drug-likeness (QED) is 0.872. The zero-order valence-corrected chi connectivity index (χ0v) is 12.9. The summed E-state index contributed by atoms with van der Waals surface area (Å²) < 4.78 is 26.6. The van der Waals surface area contributed by atoms with Crippen LogP contribution in [0.3, 0.4) is 0 Å². The molecule has 0 fully saturated rings. The van der Waals surface area contributed by atoms with Crippen LogP contribution in [0, 0.1) is 0 Å². The predicted octanol–water partition coefficient (Wildman–Crippen LogP) is 1.79. The van der Waals surface area contributed by atoms with E-state index >= 15 is 0 Å². The zero-order valence-electron chi connectivity index (χ0n) is 12.1. The molecule has 5 nitrogen and oxygen atoms in total. The van der Waals surface area contributed by atoms with E-state index in [4.69, 9.17) is 0 Å². The Morgan fingerprint density at radius 1 is 1.05 bits per heavy atom. The summed E-state index contributed by atoms with van der Waals surface area (Å²) in [6.07, 6.45) is 0. The smallest absolute Gasteiger partial charge is 0.253 e. The molecule has 0 radical (unpaired) electrons. The summed E-state index contributed by atoms with van der Waals surface area (Å²) in [6.45, 7) is 0.187. The third-order valence-electron chi connectivity index (χ3n) is 3.77. The number of likely N-dealkylation sites (N-methyl/N-ethyl adjacent to an activating group) is 1. The van der Waals surface area contributed by atoms with E-state index in [1.54, 1.807) is 12.1 Å². The molecule has 0 spiro atoms. The van der Waals surface area contributed by atoms with Crippen LogP contribution in [0.15, 0.2) is 59.5 Å². The Bertz CT molecular complexity index is 803. The van der Waals surface area contributed by atoms with E-state index in [2.05, 4.69) is 5.32 Å². The molecule has 3 rings (SSSR count). The lowest BCUT2D eigenvalue weighted by atomic mass is 10.1. The first-order chi connectivity index (χ1) is 10.5. The summed E-state index contributed by atoms with van der Waals surface area (Å²) in [4.78, 5) is 12.5. The number of hydrogen-bond donors (Lipinski definition) is 1. The van der Waals surface area contributed by atoms with Gasteiger partial charge in [0.1, 0.15) is 0 Å². The van der Waals surface area contributed by atoms with Crippen LogP contribution in [0.5, 0.6) is 0 Å². The Kier molecular flexibility index (Phi) is 3.72. The van der Waals surface area contributed by atoms with Crippen LogP contribution in [0.4, 0.5) is 0 Å². The number of amides is 1. The van der Waals surface area contributed by atoms with Crippen molar-refractivity contribution < 1.29 is 13.2 Å². The number of rotatable bonds is 1. The van der Waals surface area contributed by atoms with E-state index in [-0.39, 0.29) is 29.0 Å². The summed E-state index contributed by atoms with van der Waals surface area (Å²) in [5, 5.41) is 2.91. The Labute approximate surface area is 129 Å². The van der Waals surface area contributed by atoms with Gasteiger partial charge in [-0.2, -0.15) is 4.31 Å². The second-order valence-electron chi connectivity index (χ2n) is 5.22. The van der Waals surface area contributed by atoms with Crippen molar-refractivity contribution in [2.45, 2.75) is 10.9 Å². The lowest BCUT2D eigenvalue weighted by Crippen LogP contribution is -2.42. The second kappa shape index (κ2) is 5.55.